The molecule has 0 aromatic heterocycles. The predicted octanol–water partition coefficient (Wildman–Crippen LogP) is 1.85. The second-order valence-corrected chi connectivity index (χ2v) is 15.7. The summed E-state index contributed by atoms with van der Waals surface area (Å²) in [5.74, 6) is 0. The normalized spacial score (nSPS) is 13.2. The monoisotopic (exact) mass is 248 g/mol. The molecule has 5 heteroatoms. The summed E-state index contributed by atoms with van der Waals surface area (Å²) in [6, 6.07) is 0. The molecule has 0 fully saturated rings. The van der Waals surface area contributed by atoms with Gasteiger partial charge in [-0.15, -0.1) is 0 Å². The molecular weight excluding hydrogens is 220 g/mol. The highest BCUT2D eigenvalue weighted by Gasteiger charge is 2.12. The van der Waals surface area contributed by atoms with Gasteiger partial charge in [-0.05, 0) is 0 Å². The van der Waals surface area contributed by atoms with Crippen molar-refractivity contribution in [3.8, 4) is 0 Å². The third kappa shape index (κ3) is 14.3. The van der Waals surface area contributed by atoms with E-state index in [-0.39, 0.29) is 0 Å². The van der Waals surface area contributed by atoms with Gasteiger partial charge in [-0.2, -0.15) is 0 Å². The molecule has 0 aliphatic heterocycles. The minimum atomic E-state index is -1.09. The fourth-order valence-electron chi connectivity index (χ4n) is 1.10. The number of hydrogen-bond donors (Lipinski definition) is 2. The van der Waals surface area contributed by atoms with E-state index in [4.69, 9.17) is 4.74 Å². The average Bonchev–Trinajstić information content (AvgIpc) is 1.98. The van der Waals surface area contributed by atoms with Crippen molar-refractivity contribution in [1.29, 1.82) is 0 Å². The van der Waals surface area contributed by atoms with Crippen molar-refractivity contribution in [2.24, 2.45) is 0 Å². The Labute approximate surface area is 97.2 Å². The summed E-state index contributed by atoms with van der Waals surface area (Å²) in [5, 5.41) is 0. The van der Waals surface area contributed by atoms with Crippen LogP contribution in [0.25, 0.3) is 0 Å². The lowest BCUT2D eigenvalue weighted by Gasteiger charge is -2.19. The van der Waals surface area contributed by atoms with Crippen LogP contribution in [0.15, 0.2) is 0 Å². The molecule has 0 unspecified atom stereocenters. The van der Waals surface area contributed by atoms with Crippen molar-refractivity contribution in [2.45, 2.75) is 39.3 Å². The summed E-state index contributed by atoms with van der Waals surface area (Å²) in [6.07, 6.45) is 0. The van der Waals surface area contributed by atoms with Crippen molar-refractivity contribution in [3.05, 3.63) is 0 Å². The van der Waals surface area contributed by atoms with Gasteiger partial charge in [0.1, 0.15) is 16.5 Å². The molecule has 0 aliphatic rings. The molecule has 0 bridgehead atoms. The lowest BCUT2D eigenvalue weighted by Crippen LogP contribution is -2.44. The van der Waals surface area contributed by atoms with Gasteiger partial charge in [0.2, 0.25) is 0 Å². The number of hydrogen-bond acceptors (Lipinski definition) is 3. The van der Waals surface area contributed by atoms with E-state index in [2.05, 4.69) is 49.2 Å². The van der Waals surface area contributed by atoms with Crippen molar-refractivity contribution in [1.82, 2.24) is 9.96 Å². The van der Waals surface area contributed by atoms with E-state index in [0.717, 1.165) is 26.3 Å². The Morgan fingerprint density at radius 2 is 1.07 bits per heavy atom. The van der Waals surface area contributed by atoms with Gasteiger partial charge in [-0.25, -0.2) is 0 Å². The van der Waals surface area contributed by atoms with Gasteiger partial charge in [0.15, 0.2) is 0 Å². The zero-order valence-corrected chi connectivity index (χ0v) is 13.2. The zero-order chi connectivity index (χ0) is 11.9. The highest BCUT2D eigenvalue weighted by molar-refractivity contribution is 6.73. The Kier molecular flexibility index (Phi) is 6.94. The largest absolute Gasteiger partial charge is 0.379 e. The molecule has 0 rings (SSSR count). The molecule has 0 saturated carbocycles. The highest BCUT2D eigenvalue weighted by atomic mass is 28.3. The first-order valence-corrected chi connectivity index (χ1v) is 12.8. The van der Waals surface area contributed by atoms with E-state index in [0.29, 0.717) is 0 Å². The van der Waals surface area contributed by atoms with Crippen molar-refractivity contribution in [3.63, 3.8) is 0 Å². The van der Waals surface area contributed by atoms with Crippen molar-refractivity contribution < 1.29 is 4.74 Å². The van der Waals surface area contributed by atoms with Crippen molar-refractivity contribution in [2.75, 3.05) is 26.3 Å². The van der Waals surface area contributed by atoms with Crippen LogP contribution in [0.3, 0.4) is 0 Å². The molecule has 0 aromatic rings. The van der Waals surface area contributed by atoms with E-state index in [1.165, 1.54) is 0 Å². The molecule has 0 amide bonds. The van der Waals surface area contributed by atoms with Crippen LogP contribution in [0.2, 0.25) is 39.3 Å². The summed E-state index contributed by atoms with van der Waals surface area (Å²) in [6.45, 7) is 17.5. The molecule has 92 valence electrons. The highest BCUT2D eigenvalue weighted by Crippen LogP contribution is 1.93. The Bertz CT molecular complexity index is 146. The van der Waals surface area contributed by atoms with E-state index in [1.54, 1.807) is 0 Å². The van der Waals surface area contributed by atoms with Crippen molar-refractivity contribution >= 4 is 16.5 Å². The maximum absolute atomic E-state index is 5.54. The molecule has 15 heavy (non-hydrogen) atoms. The van der Waals surface area contributed by atoms with E-state index in [1.807, 2.05) is 0 Å². The fourth-order valence-corrected chi connectivity index (χ4v) is 2.80. The Morgan fingerprint density at radius 3 is 1.33 bits per heavy atom. The number of nitrogens with one attached hydrogen (secondary N) is 2. The second kappa shape index (κ2) is 6.80. The average molecular weight is 249 g/mol. The van der Waals surface area contributed by atoms with E-state index < -0.39 is 16.5 Å². The smallest absolute Gasteiger partial charge is 0.116 e. The van der Waals surface area contributed by atoms with Crippen LogP contribution < -0.4 is 9.96 Å². The summed E-state index contributed by atoms with van der Waals surface area (Å²) < 4.78 is 5.54. The minimum absolute atomic E-state index is 0.831. The Balaban J connectivity index is 3.20. The quantitative estimate of drug-likeness (QED) is 0.508. The van der Waals surface area contributed by atoms with E-state index in [9.17, 15) is 0 Å². The Morgan fingerprint density at radius 1 is 0.733 bits per heavy atom. The molecule has 0 aromatic carbocycles. The first-order valence-electron chi connectivity index (χ1n) is 5.78. The van der Waals surface area contributed by atoms with Gasteiger partial charge in [-0.3, -0.25) is 0 Å². The third-order valence-corrected chi connectivity index (χ3v) is 4.42. The van der Waals surface area contributed by atoms with Crippen LogP contribution in [0.1, 0.15) is 0 Å². The SMILES string of the molecule is C[Si](C)(C)NCCOCCN[Si](C)(C)C. The van der Waals surface area contributed by atoms with Gasteiger partial charge < -0.3 is 14.7 Å². The number of ether oxygens (including phenoxy) is 1. The molecule has 0 aliphatic carbocycles. The molecule has 3 nitrogen and oxygen atoms in total. The van der Waals surface area contributed by atoms with Gasteiger partial charge in [0.05, 0.1) is 13.2 Å². The molecule has 0 atom stereocenters. The maximum atomic E-state index is 5.54. The third-order valence-electron chi connectivity index (χ3n) is 1.80. The zero-order valence-electron chi connectivity index (χ0n) is 11.2. The first kappa shape index (κ1) is 15.3. The van der Waals surface area contributed by atoms with Gasteiger partial charge in [-0.1, -0.05) is 39.3 Å². The summed E-state index contributed by atoms with van der Waals surface area (Å²) in [4.78, 5) is 7.06. The fraction of sp³-hybridized carbons (Fsp3) is 1.00. The lowest BCUT2D eigenvalue weighted by molar-refractivity contribution is 0.144. The molecule has 0 saturated heterocycles. The summed E-state index contributed by atoms with van der Waals surface area (Å²) >= 11 is 0. The van der Waals surface area contributed by atoms with Crippen LogP contribution in [-0.2, 0) is 4.74 Å². The van der Waals surface area contributed by atoms with Crippen LogP contribution in [0.4, 0.5) is 0 Å². The standard InChI is InChI=1S/C10H28N2OSi2/c1-14(2,3)11-7-9-13-10-8-12-15(4,5)6/h11-12H,7-10H2,1-6H3. The first-order chi connectivity index (χ1) is 6.71. The molecule has 0 heterocycles. The number of rotatable bonds is 8. The van der Waals surface area contributed by atoms with Gasteiger partial charge >= 0.3 is 0 Å². The van der Waals surface area contributed by atoms with Gasteiger partial charge in [0.25, 0.3) is 0 Å². The van der Waals surface area contributed by atoms with Crippen LogP contribution in [-0.4, -0.2) is 42.8 Å². The van der Waals surface area contributed by atoms with E-state index >= 15 is 0 Å². The summed E-state index contributed by atoms with van der Waals surface area (Å²) in [7, 11) is -2.19. The van der Waals surface area contributed by atoms with Crippen LogP contribution >= 0.6 is 0 Å². The summed E-state index contributed by atoms with van der Waals surface area (Å²) in [5.41, 5.74) is 0. The second-order valence-electron chi connectivity index (χ2n) is 5.97. The molecule has 0 radical (unpaired) electrons. The molecule has 0 spiro atoms. The van der Waals surface area contributed by atoms with Crippen LogP contribution in [0.5, 0.6) is 0 Å². The Hall–Kier alpha value is 0.314. The topological polar surface area (TPSA) is 33.3 Å². The molecular formula is C10H28N2OSi2. The molecule has 2 N–H and O–H groups in total. The van der Waals surface area contributed by atoms with Crippen LogP contribution in [0, 0.1) is 0 Å². The van der Waals surface area contributed by atoms with Gasteiger partial charge in [0, 0.05) is 13.1 Å². The minimum Gasteiger partial charge on any atom is -0.379 e. The maximum Gasteiger partial charge on any atom is 0.116 e. The predicted molar refractivity (Wildman–Crippen MR) is 73.5 cm³/mol. The lowest BCUT2D eigenvalue weighted by atomic mass is 10.7.